The predicted octanol–water partition coefficient (Wildman–Crippen LogP) is 1.15. The number of hydrogen-bond acceptors (Lipinski definition) is 6. The van der Waals surface area contributed by atoms with Crippen LogP contribution in [0.4, 0.5) is 4.39 Å². The molecule has 0 radical (unpaired) electrons. The zero-order chi connectivity index (χ0) is 15.1. The number of esters is 2. The maximum atomic E-state index is 13.5. The molecule has 0 fully saturated rings. The second-order valence-electron chi connectivity index (χ2n) is 3.66. The lowest BCUT2D eigenvalue weighted by Crippen LogP contribution is -2.35. The number of carbonyl (C=O) groups excluding carboxylic acids is 3. The van der Waals surface area contributed by atoms with Gasteiger partial charge in [0.25, 0.3) is 0 Å². The number of nitrogens with zero attached hydrogens (tertiary/aromatic N) is 1. The Balaban J connectivity index is 3.10. The van der Waals surface area contributed by atoms with E-state index in [1.807, 2.05) is 0 Å². The third-order valence-electron chi connectivity index (χ3n) is 2.34. The monoisotopic (exact) mass is 283 g/mol. The molecule has 0 atom stereocenters. The quantitative estimate of drug-likeness (QED) is 0.442. The minimum atomic E-state index is -1.83. The van der Waals surface area contributed by atoms with Gasteiger partial charge in [0.1, 0.15) is 0 Å². The fraction of sp³-hybridized carbons (Fsp3) is 0.385. The summed E-state index contributed by atoms with van der Waals surface area (Å²) in [6, 6.07) is 1.09. The van der Waals surface area contributed by atoms with Crippen molar-refractivity contribution in [2.75, 3.05) is 13.2 Å². The van der Waals surface area contributed by atoms with Crippen molar-refractivity contribution in [3.63, 3.8) is 0 Å². The molecular weight excluding hydrogens is 269 g/mol. The molecule has 0 saturated carbocycles. The third kappa shape index (κ3) is 3.59. The van der Waals surface area contributed by atoms with Gasteiger partial charge in [-0.05, 0) is 19.9 Å². The molecule has 6 nitrogen and oxygen atoms in total. The van der Waals surface area contributed by atoms with E-state index in [1.54, 1.807) is 0 Å². The van der Waals surface area contributed by atoms with Crippen molar-refractivity contribution in [3.8, 4) is 0 Å². The molecule has 1 aromatic heterocycles. The second-order valence-corrected chi connectivity index (χ2v) is 3.66. The summed E-state index contributed by atoms with van der Waals surface area (Å²) in [5.41, 5.74) is -0.411. The van der Waals surface area contributed by atoms with Gasteiger partial charge < -0.3 is 9.47 Å². The van der Waals surface area contributed by atoms with Gasteiger partial charge >= 0.3 is 11.9 Å². The minimum Gasteiger partial charge on any atom is -0.465 e. The molecule has 0 unspecified atom stereocenters. The molecule has 0 aliphatic carbocycles. The van der Waals surface area contributed by atoms with Gasteiger partial charge in [-0.15, -0.1) is 0 Å². The maximum Gasteiger partial charge on any atom is 0.328 e. The Morgan fingerprint density at radius 1 is 1.20 bits per heavy atom. The summed E-state index contributed by atoms with van der Waals surface area (Å²) in [6.45, 7) is 3.02. The molecule has 0 aliphatic heterocycles. The molecule has 0 N–H and O–H groups in total. The van der Waals surface area contributed by atoms with E-state index in [-0.39, 0.29) is 13.2 Å². The Labute approximate surface area is 114 Å². The molecule has 0 amide bonds. The predicted molar refractivity (Wildman–Crippen MR) is 65.3 cm³/mol. The fourth-order valence-electron chi connectivity index (χ4n) is 1.49. The van der Waals surface area contributed by atoms with Crippen LogP contribution in [0.3, 0.4) is 0 Å². The first kappa shape index (κ1) is 15.7. The zero-order valence-electron chi connectivity index (χ0n) is 11.1. The van der Waals surface area contributed by atoms with Crippen molar-refractivity contribution in [2.24, 2.45) is 5.92 Å². The number of carbonyl (C=O) groups is 3. The largest absolute Gasteiger partial charge is 0.465 e. The lowest BCUT2D eigenvalue weighted by Gasteiger charge is -2.13. The van der Waals surface area contributed by atoms with E-state index in [4.69, 9.17) is 0 Å². The molecular formula is C13H14FNO5. The van der Waals surface area contributed by atoms with E-state index in [2.05, 4.69) is 14.5 Å². The summed E-state index contributed by atoms with van der Waals surface area (Å²) in [4.78, 5) is 39.0. The van der Waals surface area contributed by atoms with Crippen LogP contribution in [0.15, 0.2) is 18.5 Å². The topological polar surface area (TPSA) is 82.6 Å². The van der Waals surface area contributed by atoms with E-state index in [1.165, 1.54) is 20.0 Å². The highest BCUT2D eigenvalue weighted by Gasteiger charge is 2.38. The number of ether oxygens (including phenoxy) is 2. The Kier molecular flexibility index (Phi) is 5.76. The number of ketones is 1. The van der Waals surface area contributed by atoms with Crippen LogP contribution in [-0.4, -0.2) is 35.9 Å². The van der Waals surface area contributed by atoms with E-state index >= 15 is 0 Å². The smallest absolute Gasteiger partial charge is 0.328 e. The van der Waals surface area contributed by atoms with Crippen molar-refractivity contribution >= 4 is 17.7 Å². The van der Waals surface area contributed by atoms with Crippen LogP contribution >= 0.6 is 0 Å². The van der Waals surface area contributed by atoms with Gasteiger partial charge in [0, 0.05) is 6.20 Å². The van der Waals surface area contributed by atoms with Gasteiger partial charge in [-0.3, -0.25) is 19.4 Å². The van der Waals surface area contributed by atoms with Gasteiger partial charge in [0.05, 0.1) is 25.0 Å². The highest BCUT2D eigenvalue weighted by molar-refractivity contribution is 6.20. The molecule has 0 aromatic carbocycles. The molecule has 1 heterocycles. The summed E-state index contributed by atoms with van der Waals surface area (Å²) < 4.78 is 22.8. The fourth-order valence-corrected chi connectivity index (χ4v) is 1.49. The average molecular weight is 283 g/mol. The van der Waals surface area contributed by atoms with Crippen LogP contribution < -0.4 is 0 Å². The number of pyridine rings is 1. The molecule has 7 heteroatoms. The Morgan fingerprint density at radius 3 is 2.20 bits per heavy atom. The molecule has 0 bridgehead atoms. The van der Waals surface area contributed by atoms with Crippen molar-refractivity contribution in [2.45, 2.75) is 13.8 Å². The van der Waals surface area contributed by atoms with Gasteiger partial charge in [-0.1, -0.05) is 0 Å². The molecule has 1 aromatic rings. The van der Waals surface area contributed by atoms with E-state index in [9.17, 15) is 18.8 Å². The molecule has 108 valence electrons. The molecule has 0 spiro atoms. The Hall–Kier alpha value is -2.31. The molecule has 0 aliphatic rings. The third-order valence-corrected chi connectivity index (χ3v) is 2.34. The van der Waals surface area contributed by atoms with Gasteiger partial charge in [-0.2, -0.15) is 0 Å². The first-order valence-electron chi connectivity index (χ1n) is 5.99. The Morgan fingerprint density at radius 2 is 1.75 bits per heavy atom. The van der Waals surface area contributed by atoms with Crippen molar-refractivity contribution in [3.05, 3.63) is 29.8 Å². The van der Waals surface area contributed by atoms with Crippen LogP contribution in [-0.2, 0) is 19.1 Å². The van der Waals surface area contributed by atoms with Crippen LogP contribution in [0.1, 0.15) is 24.2 Å². The summed E-state index contributed by atoms with van der Waals surface area (Å²) in [6.07, 6.45) is 2.00. The van der Waals surface area contributed by atoms with Crippen LogP contribution in [0.5, 0.6) is 0 Å². The summed E-state index contributed by atoms with van der Waals surface area (Å²) in [5.74, 6) is -5.89. The molecule has 1 rings (SSSR count). The first-order chi connectivity index (χ1) is 9.52. The summed E-state index contributed by atoms with van der Waals surface area (Å²) >= 11 is 0. The van der Waals surface area contributed by atoms with Crippen molar-refractivity contribution in [1.29, 1.82) is 0 Å². The number of hydrogen-bond donors (Lipinski definition) is 0. The Bertz CT molecular complexity index is 499. The lowest BCUT2D eigenvalue weighted by atomic mass is 9.98. The van der Waals surface area contributed by atoms with Crippen LogP contribution in [0, 0.1) is 11.7 Å². The van der Waals surface area contributed by atoms with Gasteiger partial charge in [0.2, 0.25) is 5.92 Å². The number of aromatic nitrogens is 1. The normalized spacial score (nSPS) is 10.2. The zero-order valence-corrected chi connectivity index (χ0v) is 11.1. The van der Waals surface area contributed by atoms with Crippen molar-refractivity contribution < 1.29 is 28.2 Å². The summed E-state index contributed by atoms with van der Waals surface area (Å²) in [7, 11) is 0. The standard InChI is InChI=1S/C13H14FNO5/c1-3-19-12(17)10(13(18)20-4-2)11(16)8-5-6-15-7-9(8)14/h5-7,10H,3-4H2,1-2H3. The van der Waals surface area contributed by atoms with E-state index < -0.39 is 35.0 Å². The van der Waals surface area contributed by atoms with Gasteiger partial charge in [-0.25, -0.2) is 4.39 Å². The highest BCUT2D eigenvalue weighted by atomic mass is 19.1. The number of rotatable bonds is 6. The lowest BCUT2D eigenvalue weighted by molar-refractivity contribution is -0.158. The summed E-state index contributed by atoms with van der Waals surface area (Å²) in [5, 5.41) is 0. The number of halogens is 1. The second kappa shape index (κ2) is 7.32. The SMILES string of the molecule is CCOC(=O)C(C(=O)OCC)C(=O)c1ccncc1F. The molecule has 20 heavy (non-hydrogen) atoms. The minimum absolute atomic E-state index is 0.0130. The van der Waals surface area contributed by atoms with Crippen LogP contribution in [0.25, 0.3) is 0 Å². The maximum absolute atomic E-state index is 13.5. The molecule has 0 saturated heterocycles. The van der Waals surface area contributed by atoms with E-state index in [0.29, 0.717) is 0 Å². The average Bonchev–Trinajstić information content (AvgIpc) is 2.40. The van der Waals surface area contributed by atoms with Gasteiger partial charge in [0.15, 0.2) is 11.6 Å². The first-order valence-corrected chi connectivity index (χ1v) is 5.99. The number of Topliss-reactive ketones (excluding diaryl/α,β-unsaturated/α-hetero) is 1. The van der Waals surface area contributed by atoms with E-state index in [0.717, 1.165) is 12.3 Å². The van der Waals surface area contributed by atoms with Crippen molar-refractivity contribution in [1.82, 2.24) is 4.98 Å². The highest BCUT2D eigenvalue weighted by Crippen LogP contribution is 2.15. The van der Waals surface area contributed by atoms with Crippen LogP contribution in [0.2, 0.25) is 0 Å².